The minimum absolute atomic E-state index is 0. The molecule has 0 heterocycles. The third-order valence-corrected chi connectivity index (χ3v) is 1.75. The van der Waals surface area contributed by atoms with Gasteiger partial charge in [0, 0.05) is 12.1 Å². The first kappa shape index (κ1) is 11.4. The maximum absolute atomic E-state index is 13.0. The van der Waals surface area contributed by atoms with Crippen molar-refractivity contribution in [1.82, 2.24) is 0 Å². The van der Waals surface area contributed by atoms with Crippen LogP contribution in [0.15, 0.2) is 18.2 Å². The lowest BCUT2D eigenvalue weighted by Crippen LogP contribution is -1.99. The van der Waals surface area contributed by atoms with E-state index >= 15 is 0 Å². The second kappa shape index (κ2) is 5.12. The topological polar surface area (TPSA) is 26.0 Å². The molecule has 1 aromatic carbocycles. The normalized spacial score (nSPS) is 9.25. The van der Waals surface area contributed by atoms with Gasteiger partial charge in [0.25, 0.3) is 0 Å². The van der Waals surface area contributed by atoms with Crippen LogP contribution in [0.25, 0.3) is 0 Å². The van der Waals surface area contributed by atoms with Crippen LogP contribution >= 0.6 is 12.4 Å². The van der Waals surface area contributed by atoms with Crippen LogP contribution in [0, 0.1) is 5.82 Å². The van der Waals surface area contributed by atoms with Gasteiger partial charge in [-0.2, -0.15) is 0 Å². The molecule has 0 spiro atoms. The summed E-state index contributed by atoms with van der Waals surface area (Å²) in [4.78, 5) is 0. The molecule has 0 aliphatic heterocycles. The molecule has 1 nitrogen and oxygen atoms in total. The summed E-state index contributed by atoms with van der Waals surface area (Å²) in [7, 11) is 0. The molecule has 0 unspecified atom stereocenters. The third kappa shape index (κ3) is 2.47. The van der Waals surface area contributed by atoms with Crippen molar-refractivity contribution in [2.45, 2.75) is 19.9 Å². The summed E-state index contributed by atoms with van der Waals surface area (Å²) >= 11 is 0. The van der Waals surface area contributed by atoms with Crippen LogP contribution in [0.1, 0.15) is 18.1 Å². The van der Waals surface area contributed by atoms with Crippen LogP contribution in [0.3, 0.4) is 0 Å². The molecule has 2 N–H and O–H groups in total. The quantitative estimate of drug-likeness (QED) is 0.759. The Hall–Kier alpha value is -0.600. The number of benzene rings is 1. The van der Waals surface area contributed by atoms with Crippen molar-refractivity contribution in [3.8, 4) is 0 Å². The predicted molar refractivity (Wildman–Crippen MR) is 50.9 cm³/mol. The second-order valence-electron chi connectivity index (χ2n) is 2.48. The number of aryl methyl sites for hydroxylation is 1. The van der Waals surface area contributed by atoms with Gasteiger partial charge in [0.05, 0.1) is 0 Å². The Balaban J connectivity index is 0.00000121. The zero-order valence-electron chi connectivity index (χ0n) is 7.01. The molecule has 0 saturated carbocycles. The monoisotopic (exact) mass is 189 g/mol. The van der Waals surface area contributed by atoms with E-state index in [0.717, 1.165) is 12.0 Å². The van der Waals surface area contributed by atoms with Crippen LogP contribution in [0.4, 0.5) is 4.39 Å². The summed E-state index contributed by atoms with van der Waals surface area (Å²) in [6, 6.07) is 5.20. The Bertz CT molecular complexity index is 250. The molecule has 0 aliphatic carbocycles. The Labute approximate surface area is 78.2 Å². The van der Waals surface area contributed by atoms with E-state index in [1.54, 1.807) is 12.1 Å². The highest BCUT2D eigenvalue weighted by molar-refractivity contribution is 5.85. The molecule has 0 radical (unpaired) electrons. The highest BCUT2D eigenvalue weighted by Crippen LogP contribution is 2.09. The van der Waals surface area contributed by atoms with Crippen LogP contribution in [-0.4, -0.2) is 0 Å². The van der Waals surface area contributed by atoms with Crippen molar-refractivity contribution in [3.63, 3.8) is 0 Å². The Morgan fingerprint density at radius 3 is 2.50 bits per heavy atom. The van der Waals surface area contributed by atoms with E-state index in [1.807, 2.05) is 13.0 Å². The van der Waals surface area contributed by atoms with E-state index in [0.29, 0.717) is 5.56 Å². The average Bonchev–Trinajstić information content (AvgIpc) is 2.04. The van der Waals surface area contributed by atoms with Gasteiger partial charge in [0.2, 0.25) is 0 Å². The second-order valence-corrected chi connectivity index (χ2v) is 2.48. The molecule has 0 atom stereocenters. The summed E-state index contributed by atoms with van der Waals surface area (Å²) in [5.74, 6) is -0.188. The molecule has 0 bridgehead atoms. The molecule has 12 heavy (non-hydrogen) atoms. The van der Waals surface area contributed by atoms with E-state index in [4.69, 9.17) is 5.73 Å². The predicted octanol–water partition coefficient (Wildman–Crippen LogP) is 2.27. The number of hydrogen-bond acceptors (Lipinski definition) is 1. The van der Waals surface area contributed by atoms with Crippen molar-refractivity contribution in [1.29, 1.82) is 0 Å². The first-order valence-electron chi connectivity index (χ1n) is 3.75. The summed E-state index contributed by atoms with van der Waals surface area (Å²) in [6.07, 6.45) is 0.863. The molecule has 0 amide bonds. The molecule has 1 aromatic rings. The number of rotatable bonds is 2. The fraction of sp³-hybridized carbons (Fsp3) is 0.333. The first-order valence-corrected chi connectivity index (χ1v) is 3.75. The lowest BCUT2D eigenvalue weighted by atomic mass is 10.1. The Morgan fingerprint density at radius 1 is 1.42 bits per heavy atom. The van der Waals surface area contributed by atoms with Gasteiger partial charge in [-0.1, -0.05) is 19.1 Å². The van der Waals surface area contributed by atoms with Gasteiger partial charge in [0.15, 0.2) is 0 Å². The van der Waals surface area contributed by atoms with Crippen molar-refractivity contribution in [2.24, 2.45) is 5.73 Å². The van der Waals surface area contributed by atoms with E-state index in [1.165, 1.54) is 0 Å². The van der Waals surface area contributed by atoms with E-state index in [2.05, 4.69) is 0 Å². The van der Waals surface area contributed by atoms with Gasteiger partial charge in [-0.25, -0.2) is 4.39 Å². The van der Waals surface area contributed by atoms with Crippen molar-refractivity contribution in [2.75, 3.05) is 0 Å². The maximum Gasteiger partial charge on any atom is 0.127 e. The summed E-state index contributed by atoms with van der Waals surface area (Å²) < 4.78 is 13.0. The molecular weight excluding hydrogens is 177 g/mol. The Morgan fingerprint density at radius 2 is 2.08 bits per heavy atom. The summed E-state index contributed by atoms with van der Waals surface area (Å²) in [5, 5.41) is 0. The van der Waals surface area contributed by atoms with Gasteiger partial charge < -0.3 is 5.73 Å². The van der Waals surface area contributed by atoms with Crippen LogP contribution < -0.4 is 5.73 Å². The van der Waals surface area contributed by atoms with Crippen molar-refractivity contribution < 1.29 is 4.39 Å². The summed E-state index contributed by atoms with van der Waals surface area (Å²) in [6.45, 7) is 2.27. The van der Waals surface area contributed by atoms with Gasteiger partial charge in [0.1, 0.15) is 5.82 Å². The van der Waals surface area contributed by atoms with Crippen LogP contribution in [0.2, 0.25) is 0 Å². The number of halogens is 2. The minimum atomic E-state index is -0.188. The smallest absolute Gasteiger partial charge is 0.127 e. The molecule has 0 aromatic heterocycles. The molecule has 68 valence electrons. The maximum atomic E-state index is 13.0. The van der Waals surface area contributed by atoms with Crippen molar-refractivity contribution >= 4 is 12.4 Å². The molecule has 1 rings (SSSR count). The molecule has 0 fully saturated rings. The van der Waals surface area contributed by atoms with Gasteiger partial charge in [-0.05, 0) is 18.1 Å². The fourth-order valence-electron chi connectivity index (χ4n) is 0.976. The fourth-order valence-corrected chi connectivity index (χ4v) is 0.976. The van der Waals surface area contributed by atoms with Gasteiger partial charge in [-0.3, -0.25) is 0 Å². The zero-order valence-corrected chi connectivity index (χ0v) is 7.83. The standard InChI is InChI=1S/C9H12FN.ClH/c1-2-7-3-4-8(6-11)9(10)5-7;/h3-5H,2,6,11H2,1H3;1H. The van der Waals surface area contributed by atoms with Crippen LogP contribution in [0.5, 0.6) is 0 Å². The number of nitrogens with two attached hydrogens (primary N) is 1. The summed E-state index contributed by atoms with van der Waals surface area (Å²) in [5.41, 5.74) is 6.90. The largest absolute Gasteiger partial charge is 0.326 e. The highest BCUT2D eigenvalue weighted by Gasteiger charge is 1.99. The van der Waals surface area contributed by atoms with E-state index < -0.39 is 0 Å². The first-order chi connectivity index (χ1) is 5.27. The zero-order chi connectivity index (χ0) is 8.27. The van der Waals surface area contributed by atoms with E-state index in [9.17, 15) is 4.39 Å². The van der Waals surface area contributed by atoms with Crippen LogP contribution in [-0.2, 0) is 13.0 Å². The SMILES string of the molecule is CCc1ccc(CN)c(F)c1.Cl. The van der Waals surface area contributed by atoms with Gasteiger partial charge in [-0.15, -0.1) is 12.4 Å². The molecular formula is C9H13ClFN. The lowest BCUT2D eigenvalue weighted by molar-refractivity contribution is 0.608. The molecule has 0 saturated heterocycles. The number of hydrogen-bond donors (Lipinski definition) is 1. The molecule has 0 aliphatic rings. The third-order valence-electron chi connectivity index (χ3n) is 1.75. The van der Waals surface area contributed by atoms with Crippen molar-refractivity contribution in [3.05, 3.63) is 35.1 Å². The van der Waals surface area contributed by atoms with E-state index in [-0.39, 0.29) is 24.8 Å². The lowest BCUT2D eigenvalue weighted by Gasteiger charge is -2.01. The van der Waals surface area contributed by atoms with Gasteiger partial charge >= 0.3 is 0 Å². The average molecular weight is 190 g/mol. The minimum Gasteiger partial charge on any atom is -0.326 e. The molecule has 3 heteroatoms. The highest BCUT2D eigenvalue weighted by atomic mass is 35.5. The Kier molecular flexibility index (Phi) is 4.86.